The number of carbonyl (C=O) groups is 2. The van der Waals surface area contributed by atoms with Gasteiger partial charge in [-0.15, -0.1) is 0 Å². The van der Waals surface area contributed by atoms with Crippen molar-refractivity contribution in [3.8, 4) is 11.1 Å². The molecule has 0 bridgehead atoms. The molecular formula is C31H38N2O4. The Hall–Kier alpha value is -3.64. The first-order valence-corrected chi connectivity index (χ1v) is 13.1. The van der Waals surface area contributed by atoms with Crippen molar-refractivity contribution in [3.05, 3.63) is 90.0 Å². The average Bonchev–Trinajstić information content (AvgIpc) is 2.94. The van der Waals surface area contributed by atoms with Crippen LogP contribution in [0.1, 0.15) is 56.6 Å². The van der Waals surface area contributed by atoms with E-state index in [0.29, 0.717) is 13.0 Å². The van der Waals surface area contributed by atoms with E-state index in [2.05, 4.69) is 12.2 Å². The van der Waals surface area contributed by atoms with Crippen LogP contribution in [0.25, 0.3) is 11.1 Å². The van der Waals surface area contributed by atoms with Crippen LogP contribution in [0, 0.1) is 0 Å². The van der Waals surface area contributed by atoms with E-state index in [1.54, 1.807) is 11.9 Å². The summed E-state index contributed by atoms with van der Waals surface area (Å²) in [4.78, 5) is 36.1. The van der Waals surface area contributed by atoms with Crippen LogP contribution in [-0.2, 0) is 27.6 Å². The van der Waals surface area contributed by atoms with Crippen molar-refractivity contribution in [2.24, 2.45) is 0 Å². The number of rotatable bonds is 14. The molecule has 196 valence electrons. The standard InChI is InChI=1S/C31H38N2O4/c1-3-4-5-6-10-22-32-31(35)33(2)29-15-11-14-28(23-29)27-19-16-25(17-20-27)18-21-30(34)37-36-24-26-12-8-7-9-13-26/h7-9,11-17,19-20,23H,3-6,10,18,21-22,24H2,1-2H3,(H,32,35). The molecule has 0 aliphatic carbocycles. The molecule has 3 rings (SSSR count). The molecule has 0 spiro atoms. The average molecular weight is 503 g/mol. The Morgan fingerprint density at radius 3 is 2.32 bits per heavy atom. The number of urea groups is 1. The number of amides is 2. The molecule has 0 aromatic heterocycles. The highest BCUT2D eigenvalue weighted by molar-refractivity contribution is 5.92. The van der Waals surface area contributed by atoms with Crippen LogP contribution in [0.15, 0.2) is 78.9 Å². The fourth-order valence-corrected chi connectivity index (χ4v) is 3.94. The quantitative estimate of drug-likeness (QED) is 0.145. The van der Waals surface area contributed by atoms with Gasteiger partial charge in [-0.2, -0.15) is 4.89 Å². The van der Waals surface area contributed by atoms with E-state index >= 15 is 0 Å². The summed E-state index contributed by atoms with van der Waals surface area (Å²) in [5.41, 5.74) is 4.89. The van der Waals surface area contributed by atoms with Gasteiger partial charge in [0.05, 0.1) is 6.42 Å². The van der Waals surface area contributed by atoms with Crippen molar-refractivity contribution in [1.29, 1.82) is 0 Å². The van der Waals surface area contributed by atoms with Crippen molar-refractivity contribution < 1.29 is 19.4 Å². The Kier molecular flexibility index (Phi) is 11.7. The van der Waals surface area contributed by atoms with Crippen molar-refractivity contribution in [2.75, 3.05) is 18.5 Å². The summed E-state index contributed by atoms with van der Waals surface area (Å²) in [5.74, 6) is -0.394. The molecule has 3 aromatic carbocycles. The SMILES string of the molecule is CCCCCCCNC(=O)N(C)c1cccc(-c2ccc(CCC(=O)OOCc3ccccc3)cc2)c1. The number of aryl methyl sites for hydroxylation is 1. The van der Waals surface area contributed by atoms with Gasteiger partial charge < -0.3 is 5.32 Å². The van der Waals surface area contributed by atoms with Gasteiger partial charge in [0.15, 0.2) is 0 Å². The highest BCUT2D eigenvalue weighted by Crippen LogP contribution is 2.25. The maximum Gasteiger partial charge on any atom is 0.342 e. The number of anilines is 1. The molecule has 0 fully saturated rings. The maximum absolute atomic E-state index is 12.6. The van der Waals surface area contributed by atoms with Crippen molar-refractivity contribution in [3.63, 3.8) is 0 Å². The van der Waals surface area contributed by atoms with Gasteiger partial charge in [-0.1, -0.05) is 99.3 Å². The normalized spacial score (nSPS) is 10.6. The Labute approximate surface area is 220 Å². The molecule has 0 saturated heterocycles. The number of hydrogen-bond donors (Lipinski definition) is 1. The third-order valence-corrected chi connectivity index (χ3v) is 6.22. The van der Waals surface area contributed by atoms with E-state index in [-0.39, 0.29) is 19.1 Å². The van der Waals surface area contributed by atoms with Crippen LogP contribution >= 0.6 is 0 Å². The number of benzene rings is 3. The first-order chi connectivity index (χ1) is 18.1. The summed E-state index contributed by atoms with van der Waals surface area (Å²) in [6.07, 6.45) is 6.64. The predicted molar refractivity (Wildman–Crippen MR) is 148 cm³/mol. The molecular weight excluding hydrogens is 464 g/mol. The molecule has 0 heterocycles. The lowest BCUT2D eigenvalue weighted by Crippen LogP contribution is -2.37. The van der Waals surface area contributed by atoms with E-state index in [4.69, 9.17) is 9.78 Å². The van der Waals surface area contributed by atoms with Gasteiger partial charge >= 0.3 is 12.0 Å². The fraction of sp³-hybridized carbons (Fsp3) is 0.355. The zero-order valence-electron chi connectivity index (χ0n) is 21.9. The molecule has 6 heteroatoms. The zero-order chi connectivity index (χ0) is 26.3. The summed E-state index contributed by atoms with van der Waals surface area (Å²) >= 11 is 0. The van der Waals surface area contributed by atoms with E-state index in [0.717, 1.165) is 40.8 Å². The van der Waals surface area contributed by atoms with Crippen LogP contribution in [-0.4, -0.2) is 25.6 Å². The lowest BCUT2D eigenvalue weighted by atomic mass is 10.0. The van der Waals surface area contributed by atoms with Gasteiger partial charge in [0.2, 0.25) is 0 Å². The van der Waals surface area contributed by atoms with E-state index in [1.165, 1.54) is 19.3 Å². The largest absolute Gasteiger partial charge is 0.342 e. The molecule has 3 aromatic rings. The topological polar surface area (TPSA) is 67.9 Å². The Balaban J connectivity index is 1.45. The van der Waals surface area contributed by atoms with Crippen LogP contribution in [0.3, 0.4) is 0 Å². The third-order valence-electron chi connectivity index (χ3n) is 6.22. The van der Waals surface area contributed by atoms with E-state index in [9.17, 15) is 9.59 Å². The van der Waals surface area contributed by atoms with Crippen molar-refractivity contribution in [1.82, 2.24) is 5.32 Å². The number of hydrogen-bond acceptors (Lipinski definition) is 4. The lowest BCUT2D eigenvalue weighted by Gasteiger charge is -2.19. The Morgan fingerprint density at radius 2 is 1.57 bits per heavy atom. The molecule has 1 N–H and O–H groups in total. The van der Waals surface area contributed by atoms with Gasteiger partial charge in [0.1, 0.15) is 6.61 Å². The molecule has 0 atom stereocenters. The number of carbonyl (C=O) groups excluding carboxylic acids is 2. The first-order valence-electron chi connectivity index (χ1n) is 13.1. The van der Waals surface area contributed by atoms with Crippen LogP contribution in [0.5, 0.6) is 0 Å². The van der Waals surface area contributed by atoms with Gasteiger partial charge in [0.25, 0.3) is 0 Å². The van der Waals surface area contributed by atoms with Crippen LogP contribution in [0.2, 0.25) is 0 Å². The highest BCUT2D eigenvalue weighted by atomic mass is 17.2. The Morgan fingerprint density at radius 1 is 0.811 bits per heavy atom. The minimum absolute atomic E-state index is 0.0948. The number of nitrogens with zero attached hydrogens (tertiary/aromatic N) is 1. The van der Waals surface area contributed by atoms with Crippen molar-refractivity contribution in [2.45, 2.75) is 58.5 Å². The minimum Gasteiger partial charge on any atom is -0.338 e. The molecule has 0 aliphatic rings. The van der Waals surface area contributed by atoms with Gasteiger partial charge in [-0.3, -0.25) is 9.79 Å². The molecule has 2 amide bonds. The third kappa shape index (κ3) is 9.73. The van der Waals surface area contributed by atoms with Crippen LogP contribution < -0.4 is 10.2 Å². The minimum atomic E-state index is -0.394. The summed E-state index contributed by atoms with van der Waals surface area (Å²) in [6, 6.07) is 25.5. The zero-order valence-corrected chi connectivity index (χ0v) is 21.9. The Bertz CT molecular complexity index is 1100. The van der Waals surface area contributed by atoms with E-state index < -0.39 is 5.97 Å². The van der Waals surface area contributed by atoms with E-state index in [1.807, 2.05) is 78.9 Å². The maximum atomic E-state index is 12.6. The van der Waals surface area contributed by atoms with Crippen LogP contribution in [0.4, 0.5) is 10.5 Å². The highest BCUT2D eigenvalue weighted by Gasteiger charge is 2.11. The summed E-state index contributed by atoms with van der Waals surface area (Å²) in [5, 5.41) is 3.01. The molecule has 0 aliphatic heterocycles. The smallest absolute Gasteiger partial charge is 0.338 e. The first kappa shape index (κ1) is 27.9. The van der Waals surface area contributed by atoms with Gasteiger partial charge in [-0.05, 0) is 47.2 Å². The summed E-state index contributed by atoms with van der Waals surface area (Å²) in [7, 11) is 1.79. The summed E-state index contributed by atoms with van der Waals surface area (Å²) < 4.78 is 0. The number of unbranched alkanes of at least 4 members (excludes halogenated alkanes) is 4. The van der Waals surface area contributed by atoms with Gasteiger partial charge in [0, 0.05) is 19.3 Å². The molecule has 0 radical (unpaired) electrons. The van der Waals surface area contributed by atoms with Crippen molar-refractivity contribution >= 4 is 17.7 Å². The number of nitrogens with one attached hydrogen (secondary N) is 1. The second-order valence-corrected chi connectivity index (χ2v) is 9.16. The van der Waals surface area contributed by atoms with Gasteiger partial charge in [-0.25, -0.2) is 9.59 Å². The lowest BCUT2D eigenvalue weighted by molar-refractivity contribution is -0.279. The second kappa shape index (κ2) is 15.5. The second-order valence-electron chi connectivity index (χ2n) is 9.16. The monoisotopic (exact) mass is 502 g/mol. The fourth-order valence-electron chi connectivity index (χ4n) is 3.94. The molecule has 0 unspecified atom stereocenters. The molecule has 0 saturated carbocycles. The summed E-state index contributed by atoms with van der Waals surface area (Å²) in [6.45, 7) is 3.12. The molecule has 37 heavy (non-hydrogen) atoms. The predicted octanol–water partition coefficient (Wildman–Crippen LogP) is 7.08. The molecule has 6 nitrogen and oxygen atoms in total.